The van der Waals surface area contributed by atoms with Crippen molar-refractivity contribution in [2.24, 2.45) is 4.99 Å². The largest absolute Gasteiger partial charge is 0.481 e. The first-order valence-electron chi connectivity index (χ1n) is 7.40. The zero-order chi connectivity index (χ0) is 16.6. The molecule has 0 N–H and O–H groups in total. The zero-order valence-corrected chi connectivity index (χ0v) is 14.3. The number of nitrogens with zero attached hydrogens (tertiary/aromatic N) is 5. The van der Waals surface area contributed by atoms with E-state index >= 15 is 0 Å². The number of allylic oxidation sites excluding steroid dienone is 1. The fourth-order valence-electron chi connectivity index (χ4n) is 2.44. The van der Waals surface area contributed by atoms with E-state index in [0.29, 0.717) is 17.3 Å². The number of rotatable bonds is 4. The Bertz CT molecular complexity index is 807. The van der Waals surface area contributed by atoms with E-state index in [1.165, 1.54) is 0 Å². The SMILES string of the molecule is COc1cc(Cl)c(C2=NC(c3nc(C)nn3C(C)C)=CC2)cn1. The summed E-state index contributed by atoms with van der Waals surface area (Å²) in [5.74, 6) is 2.01. The highest BCUT2D eigenvalue weighted by molar-refractivity contribution is 6.34. The van der Waals surface area contributed by atoms with Gasteiger partial charge in [0.25, 0.3) is 0 Å². The maximum absolute atomic E-state index is 6.31. The molecule has 0 atom stereocenters. The number of ether oxygens (including phenoxy) is 1. The van der Waals surface area contributed by atoms with Gasteiger partial charge in [-0.3, -0.25) is 0 Å². The van der Waals surface area contributed by atoms with Gasteiger partial charge in [0, 0.05) is 30.3 Å². The fraction of sp³-hybridized carbons (Fsp3) is 0.375. The summed E-state index contributed by atoms with van der Waals surface area (Å²) in [4.78, 5) is 13.4. The van der Waals surface area contributed by atoms with Gasteiger partial charge in [0.2, 0.25) is 5.88 Å². The molecule has 3 rings (SSSR count). The summed E-state index contributed by atoms with van der Waals surface area (Å²) in [6, 6.07) is 1.91. The van der Waals surface area contributed by atoms with Gasteiger partial charge in [0.05, 0.1) is 17.8 Å². The number of aromatic nitrogens is 4. The molecule has 1 aliphatic rings. The summed E-state index contributed by atoms with van der Waals surface area (Å²) in [7, 11) is 1.56. The summed E-state index contributed by atoms with van der Waals surface area (Å²) in [6.07, 6.45) is 4.42. The van der Waals surface area contributed by atoms with E-state index in [1.54, 1.807) is 19.4 Å². The average Bonchev–Trinajstić information content (AvgIpc) is 3.13. The Balaban J connectivity index is 1.95. The van der Waals surface area contributed by atoms with Gasteiger partial charge in [0.1, 0.15) is 11.5 Å². The number of methoxy groups -OCH3 is 1. The molecule has 0 amide bonds. The van der Waals surface area contributed by atoms with Crippen molar-refractivity contribution in [1.82, 2.24) is 19.7 Å². The van der Waals surface area contributed by atoms with E-state index in [0.717, 1.165) is 28.6 Å². The number of halogens is 1. The maximum atomic E-state index is 6.31. The molecule has 0 fully saturated rings. The molecule has 0 spiro atoms. The van der Waals surface area contributed by atoms with Gasteiger partial charge >= 0.3 is 0 Å². The lowest BCUT2D eigenvalue weighted by Crippen LogP contribution is -2.07. The second-order valence-electron chi connectivity index (χ2n) is 5.58. The molecule has 7 heteroatoms. The minimum atomic E-state index is 0.220. The fourth-order valence-corrected chi connectivity index (χ4v) is 2.69. The van der Waals surface area contributed by atoms with E-state index in [-0.39, 0.29) is 6.04 Å². The van der Waals surface area contributed by atoms with Gasteiger partial charge in [0.15, 0.2) is 5.82 Å². The highest BCUT2D eigenvalue weighted by Gasteiger charge is 2.20. The van der Waals surface area contributed by atoms with E-state index in [9.17, 15) is 0 Å². The van der Waals surface area contributed by atoms with Crippen LogP contribution in [0.2, 0.25) is 5.02 Å². The predicted octanol–water partition coefficient (Wildman–Crippen LogP) is 3.46. The van der Waals surface area contributed by atoms with Crippen LogP contribution < -0.4 is 4.74 Å². The molecule has 0 aromatic carbocycles. The third kappa shape index (κ3) is 2.99. The van der Waals surface area contributed by atoms with Crippen LogP contribution in [0.25, 0.3) is 5.70 Å². The van der Waals surface area contributed by atoms with Crippen LogP contribution in [0.1, 0.15) is 43.5 Å². The number of hydrogen-bond donors (Lipinski definition) is 0. The van der Waals surface area contributed by atoms with Gasteiger partial charge in [-0.05, 0) is 26.8 Å². The van der Waals surface area contributed by atoms with Crippen LogP contribution in [0, 0.1) is 6.92 Å². The van der Waals surface area contributed by atoms with Crippen LogP contribution >= 0.6 is 11.6 Å². The van der Waals surface area contributed by atoms with E-state index in [4.69, 9.17) is 21.3 Å². The lowest BCUT2D eigenvalue weighted by molar-refractivity contribution is 0.398. The van der Waals surface area contributed by atoms with Crippen molar-refractivity contribution in [3.8, 4) is 5.88 Å². The molecule has 2 aromatic heterocycles. The molecule has 120 valence electrons. The van der Waals surface area contributed by atoms with Crippen molar-refractivity contribution in [2.45, 2.75) is 33.2 Å². The first-order valence-corrected chi connectivity index (χ1v) is 7.78. The number of pyridine rings is 1. The quantitative estimate of drug-likeness (QED) is 0.860. The highest BCUT2D eigenvalue weighted by atomic mass is 35.5. The zero-order valence-electron chi connectivity index (χ0n) is 13.5. The molecule has 3 heterocycles. The third-order valence-electron chi connectivity index (χ3n) is 3.55. The van der Waals surface area contributed by atoms with Crippen LogP contribution in [0.4, 0.5) is 0 Å². The second kappa shape index (κ2) is 6.12. The van der Waals surface area contributed by atoms with Crippen molar-refractivity contribution in [3.05, 3.63) is 40.6 Å². The van der Waals surface area contributed by atoms with Crippen molar-refractivity contribution in [1.29, 1.82) is 0 Å². The Morgan fingerprint density at radius 2 is 2.13 bits per heavy atom. The van der Waals surface area contributed by atoms with Crippen LogP contribution in [-0.4, -0.2) is 32.6 Å². The summed E-state index contributed by atoms with van der Waals surface area (Å²) in [5.41, 5.74) is 2.50. The van der Waals surface area contributed by atoms with Crippen molar-refractivity contribution in [2.75, 3.05) is 7.11 Å². The maximum Gasteiger partial charge on any atom is 0.214 e. The Morgan fingerprint density at radius 1 is 1.35 bits per heavy atom. The minimum Gasteiger partial charge on any atom is -0.481 e. The normalized spacial score (nSPS) is 14.2. The van der Waals surface area contributed by atoms with Crippen LogP contribution in [-0.2, 0) is 0 Å². The molecule has 0 saturated heterocycles. The molecule has 0 saturated carbocycles. The summed E-state index contributed by atoms with van der Waals surface area (Å²) in [5, 5.41) is 5.01. The topological polar surface area (TPSA) is 65.2 Å². The van der Waals surface area contributed by atoms with Gasteiger partial charge in [-0.1, -0.05) is 11.6 Å². The Morgan fingerprint density at radius 3 is 2.78 bits per heavy atom. The molecule has 0 radical (unpaired) electrons. The number of aliphatic imine (C=N–C) groups is 1. The molecular formula is C16H18ClN5O. The van der Waals surface area contributed by atoms with Gasteiger partial charge < -0.3 is 4.74 Å². The smallest absolute Gasteiger partial charge is 0.214 e. The molecule has 23 heavy (non-hydrogen) atoms. The monoisotopic (exact) mass is 331 g/mol. The third-order valence-corrected chi connectivity index (χ3v) is 3.86. The molecule has 6 nitrogen and oxygen atoms in total. The van der Waals surface area contributed by atoms with Gasteiger partial charge in [-0.2, -0.15) is 5.10 Å². The van der Waals surface area contributed by atoms with E-state index in [1.807, 2.05) is 17.7 Å². The first kappa shape index (κ1) is 15.7. The molecule has 0 bridgehead atoms. The van der Waals surface area contributed by atoms with Crippen molar-refractivity contribution < 1.29 is 4.74 Å². The summed E-state index contributed by atoms with van der Waals surface area (Å²) in [6.45, 7) is 6.02. The molecule has 0 aliphatic carbocycles. The summed E-state index contributed by atoms with van der Waals surface area (Å²) < 4.78 is 6.97. The lowest BCUT2D eigenvalue weighted by atomic mass is 10.1. The van der Waals surface area contributed by atoms with Crippen molar-refractivity contribution in [3.63, 3.8) is 0 Å². The summed E-state index contributed by atoms with van der Waals surface area (Å²) >= 11 is 6.31. The van der Waals surface area contributed by atoms with E-state index < -0.39 is 0 Å². The Kier molecular flexibility index (Phi) is 4.17. The molecule has 2 aromatic rings. The lowest BCUT2D eigenvalue weighted by Gasteiger charge is -2.08. The second-order valence-corrected chi connectivity index (χ2v) is 5.99. The Hall–Kier alpha value is -2.21. The average molecular weight is 332 g/mol. The Labute approximate surface area is 139 Å². The van der Waals surface area contributed by atoms with Crippen LogP contribution in [0.3, 0.4) is 0 Å². The van der Waals surface area contributed by atoms with Gasteiger partial charge in [-0.15, -0.1) is 0 Å². The molecular weight excluding hydrogens is 314 g/mol. The first-order chi connectivity index (χ1) is 11.0. The highest BCUT2D eigenvalue weighted by Crippen LogP contribution is 2.29. The molecule has 0 unspecified atom stereocenters. The minimum absolute atomic E-state index is 0.220. The van der Waals surface area contributed by atoms with E-state index in [2.05, 4.69) is 28.9 Å². The van der Waals surface area contributed by atoms with Gasteiger partial charge in [-0.25, -0.2) is 19.6 Å². The van der Waals surface area contributed by atoms with Crippen LogP contribution in [0.15, 0.2) is 23.3 Å². The predicted molar refractivity (Wildman–Crippen MR) is 90.1 cm³/mol. The molecule has 1 aliphatic heterocycles. The van der Waals surface area contributed by atoms with Crippen molar-refractivity contribution >= 4 is 23.0 Å². The number of aryl methyl sites for hydroxylation is 1. The van der Waals surface area contributed by atoms with Crippen LogP contribution in [0.5, 0.6) is 5.88 Å². The number of hydrogen-bond acceptors (Lipinski definition) is 5. The standard InChI is InChI=1S/C16H18ClN5O/c1-9(2)22-16(19-10(3)21-22)14-6-5-13(20-14)11-8-18-15(23-4)7-12(11)17/h6-9H,5H2,1-4H3.